The Morgan fingerprint density at radius 1 is 0.674 bits per heavy atom. The second-order valence-electron chi connectivity index (χ2n) is 11.1. The lowest BCUT2D eigenvalue weighted by molar-refractivity contribution is -0.143. The highest BCUT2D eigenvalue weighted by Crippen LogP contribution is 2.36. The van der Waals surface area contributed by atoms with E-state index >= 15 is 0 Å². The molecule has 0 radical (unpaired) electrons. The smallest absolute Gasteiger partial charge is 0.328 e. The van der Waals surface area contributed by atoms with Gasteiger partial charge < -0.3 is 36.8 Å². The minimum atomic E-state index is -1.52. The second kappa shape index (κ2) is 15.1. The maximum absolute atomic E-state index is 12.4. The van der Waals surface area contributed by atoms with Crippen molar-refractivity contribution in [3.8, 4) is 0 Å². The molecule has 13 heteroatoms. The van der Waals surface area contributed by atoms with Gasteiger partial charge in [0.2, 0.25) is 29.5 Å². The van der Waals surface area contributed by atoms with E-state index in [-0.39, 0.29) is 18.9 Å². The molecular formula is C33H37N5O8. The zero-order chi connectivity index (χ0) is 33.4. The van der Waals surface area contributed by atoms with Crippen LogP contribution in [-0.2, 0) is 35.2 Å². The fourth-order valence-electron chi connectivity index (χ4n) is 5.24. The van der Waals surface area contributed by atoms with Crippen LogP contribution in [0.5, 0.6) is 0 Å². The summed E-state index contributed by atoms with van der Waals surface area (Å²) in [5.41, 5.74) is 1.15. The standard InChI is InChI=1S/C33H37N5O8/c1-18(31(43)35-16-28(42)37-19(2)32(44)38-25(17-39)33(45)46)36-27(41)15-34-26(40)8-4-5-20-9-10-23-12-11-21-6-3-7-22-13-14-24(20)30(23)29(21)22/h3,6-7,9-14,18-19,25,39H,4-5,8,15-17H2,1-2H3,(H,34,40)(H,35,43)(H,36,41)(H,37,42)(H,38,44)(H,45,46)/t18-,19-,25-/m0/s1. The number of amides is 5. The Labute approximate surface area is 264 Å². The summed E-state index contributed by atoms with van der Waals surface area (Å²) in [6, 6.07) is 15.3. The van der Waals surface area contributed by atoms with Crippen molar-refractivity contribution in [3.05, 3.63) is 60.2 Å². The minimum Gasteiger partial charge on any atom is -0.480 e. The predicted octanol–water partition coefficient (Wildman–Crippen LogP) is 0.710. The molecular weight excluding hydrogens is 594 g/mol. The Kier molecular flexibility index (Phi) is 11.0. The molecule has 0 saturated carbocycles. The van der Waals surface area contributed by atoms with E-state index in [0.717, 1.165) is 5.56 Å². The van der Waals surface area contributed by atoms with Crippen molar-refractivity contribution in [2.75, 3.05) is 19.7 Å². The van der Waals surface area contributed by atoms with E-state index in [1.807, 2.05) is 0 Å². The highest BCUT2D eigenvalue weighted by Gasteiger charge is 2.24. The molecule has 0 aromatic heterocycles. The van der Waals surface area contributed by atoms with Gasteiger partial charge in [0.1, 0.15) is 18.1 Å². The van der Waals surface area contributed by atoms with E-state index < -0.39 is 60.9 Å². The molecule has 0 unspecified atom stereocenters. The number of nitrogens with one attached hydrogen (secondary N) is 5. The molecule has 0 aliphatic carbocycles. The number of hydrogen-bond acceptors (Lipinski definition) is 7. The summed E-state index contributed by atoms with van der Waals surface area (Å²) in [7, 11) is 0. The van der Waals surface area contributed by atoms with Gasteiger partial charge in [-0.05, 0) is 64.6 Å². The van der Waals surface area contributed by atoms with E-state index in [9.17, 15) is 28.8 Å². The molecule has 0 bridgehead atoms. The number of carboxylic acid groups (broad SMARTS) is 1. The van der Waals surface area contributed by atoms with Gasteiger partial charge in [-0.1, -0.05) is 54.6 Å². The summed E-state index contributed by atoms with van der Waals surface area (Å²) in [4.78, 5) is 72.1. The Bertz CT molecular complexity index is 1760. The van der Waals surface area contributed by atoms with Gasteiger partial charge in [-0.2, -0.15) is 0 Å². The van der Waals surface area contributed by atoms with E-state index in [4.69, 9.17) is 10.2 Å². The van der Waals surface area contributed by atoms with Crippen LogP contribution in [0.1, 0.15) is 32.3 Å². The molecule has 0 heterocycles. The van der Waals surface area contributed by atoms with Crippen LogP contribution in [0.25, 0.3) is 32.3 Å². The zero-order valence-electron chi connectivity index (χ0n) is 25.5. The number of carbonyl (C=O) groups is 6. The Hall–Kier alpha value is -5.30. The summed E-state index contributed by atoms with van der Waals surface area (Å²) >= 11 is 0. The SMILES string of the molecule is C[C@H](NC(=O)CNC(=O)CCCc1ccc2ccc3cccc4ccc1c2c34)C(=O)NCC(=O)N[C@@H](C)C(=O)N[C@@H](CO)C(=O)O. The van der Waals surface area contributed by atoms with Gasteiger partial charge in [-0.3, -0.25) is 24.0 Å². The number of aliphatic carboxylic acids is 1. The average Bonchev–Trinajstić information content (AvgIpc) is 3.04. The van der Waals surface area contributed by atoms with Crippen LogP contribution in [0.3, 0.4) is 0 Å². The van der Waals surface area contributed by atoms with Crippen LogP contribution in [0.4, 0.5) is 0 Å². The Morgan fingerprint density at radius 3 is 1.87 bits per heavy atom. The average molecular weight is 632 g/mol. The molecule has 13 nitrogen and oxygen atoms in total. The largest absolute Gasteiger partial charge is 0.480 e. The van der Waals surface area contributed by atoms with Gasteiger partial charge in [0.25, 0.3) is 0 Å². The van der Waals surface area contributed by atoms with Crippen LogP contribution in [0.2, 0.25) is 0 Å². The number of aliphatic hydroxyl groups is 1. The van der Waals surface area contributed by atoms with E-state index in [0.29, 0.717) is 12.8 Å². The summed E-state index contributed by atoms with van der Waals surface area (Å²) in [6.07, 6.45) is 1.49. The Balaban J connectivity index is 1.16. The Morgan fingerprint density at radius 2 is 1.24 bits per heavy atom. The first-order valence-corrected chi connectivity index (χ1v) is 14.9. The molecule has 7 N–H and O–H groups in total. The van der Waals surface area contributed by atoms with Crippen molar-refractivity contribution in [2.24, 2.45) is 0 Å². The molecule has 242 valence electrons. The monoisotopic (exact) mass is 631 g/mol. The zero-order valence-corrected chi connectivity index (χ0v) is 25.5. The number of hydrogen-bond donors (Lipinski definition) is 7. The first kappa shape index (κ1) is 33.6. The summed E-state index contributed by atoms with van der Waals surface area (Å²) in [6.45, 7) is 1.04. The van der Waals surface area contributed by atoms with Gasteiger partial charge in [-0.15, -0.1) is 0 Å². The molecule has 4 aromatic rings. The van der Waals surface area contributed by atoms with Crippen molar-refractivity contribution in [1.29, 1.82) is 0 Å². The van der Waals surface area contributed by atoms with E-state index in [2.05, 4.69) is 81.2 Å². The fourth-order valence-corrected chi connectivity index (χ4v) is 5.24. The molecule has 4 aromatic carbocycles. The lowest BCUT2D eigenvalue weighted by atomic mass is 9.90. The molecule has 0 saturated heterocycles. The molecule has 3 atom stereocenters. The topological polar surface area (TPSA) is 203 Å². The van der Waals surface area contributed by atoms with Crippen LogP contribution >= 0.6 is 0 Å². The maximum atomic E-state index is 12.4. The van der Waals surface area contributed by atoms with E-state index in [1.165, 1.54) is 46.2 Å². The van der Waals surface area contributed by atoms with Gasteiger partial charge in [-0.25, -0.2) is 4.79 Å². The number of carboxylic acids is 1. The molecule has 0 fully saturated rings. The van der Waals surface area contributed by atoms with Crippen LogP contribution in [0.15, 0.2) is 54.6 Å². The van der Waals surface area contributed by atoms with Gasteiger partial charge in [0.05, 0.1) is 19.7 Å². The lowest BCUT2D eigenvalue weighted by Crippen LogP contribution is -2.53. The third kappa shape index (κ3) is 8.24. The van der Waals surface area contributed by atoms with Gasteiger partial charge >= 0.3 is 5.97 Å². The summed E-state index contributed by atoms with van der Waals surface area (Å²) in [5, 5.41) is 36.7. The van der Waals surface area contributed by atoms with Gasteiger partial charge in [0, 0.05) is 6.42 Å². The first-order chi connectivity index (χ1) is 22.0. The molecule has 4 rings (SSSR count). The van der Waals surface area contributed by atoms with Crippen LogP contribution in [0, 0.1) is 0 Å². The molecule has 0 aliphatic rings. The molecule has 0 spiro atoms. The summed E-state index contributed by atoms with van der Waals surface area (Å²) in [5.74, 6) is -4.57. The van der Waals surface area contributed by atoms with Crippen molar-refractivity contribution < 1.29 is 39.0 Å². The number of carbonyl (C=O) groups excluding carboxylic acids is 5. The van der Waals surface area contributed by atoms with Gasteiger partial charge in [0.15, 0.2) is 0 Å². The second-order valence-corrected chi connectivity index (χ2v) is 11.1. The normalized spacial score (nSPS) is 13.1. The van der Waals surface area contributed by atoms with Crippen molar-refractivity contribution in [2.45, 2.75) is 51.2 Å². The van der Waals surface area contributed by atoms with Crippen molar-refractivity contribution in [1.82, 2.24) is 26.6 Å². The molecule has 46 heavy (non-hydrogen) atoms. The predicted molar refractivity (Wildman–Crippen MR) is 171 cm³/mol. The van der Waals surface area contributed by atoms with Crippen molar-refractivity contribution >= 4 is 67.8 Å². The summed E-state index contributed by atoms with van der Waals surface area (Å²) < 4.78 is 0. The maximum Gasteiger partial charge on any atom is 0.328 e. The molecule has 5 amide bonds. The highest BCUT2D eigenvalue weighted by molar-refractivity contribution is 6.23. The first-order valence-electron chi connectivity index (χ1n) is 14.9. The third-order valence-electron chi connectivity index (χ3n) is 7.68. The number of aliphatic hydroxyl groups excluding tert-OH is 1. The third-order valence-corrected chi connectivity index (χ3v) is 7.68. The van der Waals surface area contributed by atoms with Crippen LogP contribution < -0.4 is 26.6 Å². The minimum absolute atomic E-state index is 0.216. The highest BCUT2D eigenvalue weighted by atomic mass is 16.4. The van der Waals surface area contributed by atoms with E-state index in [1.54, 1.807) is 0 Å². The lowest BCUT2D eigenvalue weighted by Gasteiger charge is -2.18. The number of benzene rings is 4. The molecule has 0 aliphatic heterocycles. The number of aryl methyl sites for hydroxylation is 1. The number of rotatable bonds is 15. The van der Waals surface area contributed by atoms with Crippen molar-refractivity contribution in [3.63, 3.8) is 0 Å². The fraction of sp³-hybridized carbons (Fsp3) is 0.333. The quantitative estimate of drug-likeness (QED) is 0.0929. The van der Waals surface area contributed by atoms with Crippen LogP contribution in [-0.4, -0.2) is 83.5 Å².